The molecule has 4 nitrogen and oxygen atoms in total. The van der Waals surface area contributed by atoms with E-state index in [2.05, 4.69) is 4.98 Å². The van der Waals surface area contributed by atoms with Crippen LogP contribution < -0.4 is 0 Å². The molecule has 0 bridgehead atoms. The molecule has 0 saturated carbocycles. The number of thiazole rings is 1. The van der Waals surface area contributed by atoms with Crippen LogP contribution in [0.1, 0.15) is 16.8 Å². The second-order valence-electron chi connectivity index (χ2n) is 3.63. The fraction of sp³-hybridized carbons (Fsp3) is 0.273. The average molecular weight is 234 g/mol. The van der Waals surface area contributed by atoms with Gasteiger partial charge in [0.25, 0.3) is 5.91 Å². The predicted molar refractivity (Wildman–Crippen MR) is 61.2 cm³/mol. The van der Waals surface area contributed by atoms with E-state index in [1.54, 1.807) is 11.6 Å². The highest BCUT2D eigenvalue weighted by Gasteiger charge is 2.21. The summed E-state index contributed by atoms with van der Waals surface area (Å²) >= 11 is 1.54. The minimum absolute atomic E-state index is 0.0622. The highest BCUT2D eigenvalue weighted by molar-refractivity contribution is 7.16. The summed E-state index contributed by atoms with van der Waals surface area (Å²) in [7, 11) is 0. The zero-order valence-corrected chi connectivity index (χ0v) is 9.37. The van der Waals surface area contributed by atoms with Crippen molar-refractivity contribution >= 4 is 27.5 Å². The molecule has 1 aliphatic rings. The molecule has 1 saturated heterocycles. The Balaban J connectivity index is 1.95. The predicted octanol–water partition coefficient (Wildman–Crippen LogP) is 2.07. The number of fused-ring (bicyclic) bond motifs is 1. The van der Waals surface area contributed by atoms with Gasteiger partial charge in [-0.1, -0.05) is 0 Å². The van der Waals surface area contributed by atoms with Gasteiger partial charge in [0, 0.05) is 5.56 Å². The maximum atomic E-state index is 12.0. The Morgan fingerprint density at radius 3 is 3.25 bits per heavy atom. The third-order valence-electron chi connectivity index (χ3n) is 2.56. The fourth-order valence-electron chi connectivity index (χ4n) is 1.74. The van der Waals surface area contributed by atoms with E-state index in [0.717, 1.165) is 16.6 Å². The Bertz CT molecular complexity index is 532. The molecule has 0 atom stereocenters. The number of nitrogens with zero attached hydrogens (tertiary/aromatic N) is 2. The minimum Gasteiger partial charge on any atom is -0.271 e. The van der Waals surface area contributed by atoms with Gasteiger partial charge in [-0.15, -0.1) is 11.3 Å². The van der Waals surface area contributed by atoms with Crippen molar-refractivity contribution in [1.29, 1.82) is 0 Å². The normalized spacial score (nSPS) is 15.9. The van der Waals surface area contributed by atoms with Crippen molar-refractivity contribution in [2.75, 3.05) is 13.2 Å². The molecule has 0 spiro atoms. The van der Waals surface area contributed by atoms with E-state index in [-0.39, 0.29) is 5.91 Å². The maximum absolute atomic E-state index is 12.0. The fourth-order valence-corrected chi connectivity index (χ4v) is 2.46. The van der Waals surface area contributed by atoms with Gasteiger partial charge in [0.05, 0.1) is 28.9 Å². The molecule has 1 aromatic carbocycles. The van der Waals surface area contributed by atoms with Crippen LogP contribution in [0.2, 0.25) is 0 Å². The highest BCUT2D eigenvalue weighted by Crippen LogP contribution is 2.20. The van der Waals surface area contributed by atoms with Crippen molar-refractivity contribution in [2.24, 2.45) is 0 Å². The number of rotatable bonds is 1. The first kappa shape index (κ1) is 9.74. The summed E-state index contributed by atoms with van der Waals surface area (Å²) in [6.07, 6.45) is 0.911. The molecule has 1 fully saturated rings. The number of amides is 1. The first-order chi connectivity index (χ1) is 7.84. The lowest BCUT2D eigenvalue weighted by Crippen LogP contribution is -2.26. The van der Waals surface area contributed by atoms with Gasteiger partial charge in [-0.25, -0.2) is 10.0 Å². The number of benzene rings is 1. The molecule has 0 aliphatic carbocycles. The van der Waals surface area contributed by atoms with Crippen LogP contribution in [0.25, 0.3) is 10.2 Å². The van der Waals surface area contributed by atoms with Crippen LogP contribution in [0.5, 0.6) is 0 Å². The number of carbonyl (C=O) groups excluding carboxylic acids is 1. The SMILES string of the molecule is O=C(c1ccc2ncsc2c1)N1CCCO1. The Hall–Kier alpha value is -1.46. The third kappa shape index (κ3) is 1.58. The van der Waals surface area contributed by atoms with Crippen LogP contribution in [0, 0.1) is 0 Å². The van der Waals surface area contributed by atoms with Gasteiger partial charge in [0.2, 0.25) is 0 Å². The standard InChI is InChI=1S/C11H10N2O2S/c14-11(13-4-1-5-15-13)8-2-3-9-10(6-8)16-7-12-9/h2-3,6-7H,1,4-5H2. The van der Waals surface area contributed by atoms with Crippen LogP contribution in [0.15, 0.2) is 23.7 Å². The zero-order chi connectivity index (χ0) is 11.0. The smallest absolute Gasteiger partial charge is 0.271 e. The summed E-state index contributed by atoms with van der Waals surface area (Å²) in [5.74, 6) is -0.0622. The molecule has 0 unspecified atom stereocenters. The van der Waals surface area contributed by atoms with Crippen molar-refractivity contribution in [3.05, 3.63) is 29.3 Å². The van der Waals surface area contributed by atoms with Crippen LogP contribution in [-0.2, 0) is 4.84 Å². The van der Waals surface area contributed by atoms with Crippen LogP contribution in [0.4, 0.5) is 0 Å². The number of hydrogen-bond donors (Lipinski definition) is 0. The first-order valence-electron chi connectivity index (χ1n) is 5.12. The summed E-state index contributed by atoms with van der Waals surface area (Å²) in [6, 6.07) is 5.54. The van der Waals surface area contributed by atoms with Crippen molar-refractivity contribution in [1.82, 2.24) is 10.0 Å². The summed E-state index contributed by atoms with van der Waals surface area (Å²) in [5, 5.41) is 1.43. The summed E-state index contributed by atoms with van der Waals surface area (Å²) in [5.41, 5.74) is 3.38. The van der Waals surface area contributed by atoms with E-state index in [0.29, 0.717) is 18.7 Å². The lowest BCUT2D eigenvalue weighted by molar-refractivity contribution is -0.0768. The molecule has 2 aromatic rings. The third-order valence-corrected chi connectivity index (χ3v) is 3.35. The first-order valence-corrected chi connectivity index (χ1v) is 6.00. The Labute approximate surface area is 96.4 Å². The molecule has 2 heterocycles. The minimum atomic E-state index is -0.0622. The van der Waals surface area contributed by atoms with Gasteiger partial charge in [-0.2, -0.15) is 0 Å². The Morgan fingerprint density at radius 1 is 1.50 bits per heavy atom. The molecule has 0 radical (unpaired) electrons. The van der Waals surface area contributed by atoms with Crippen molar-refractivity contribution in [2.45, 2.75) is 6.42 Å². The van der Waals surface area contributed by atoms with Crippen LogP contribution in [-0.4, -0.2) is 29.1 Å². The maximum Gasteiger partial charge on any atom is 0.277 e. The van der Waals surface area contributed by atoms with Gasteiger partial charge in [-0.05, 0) is 24.6 Å². The van der Waals surface area contributed by atoms with Gasteiger partial charge in [0.15, 0.2) is 0 Å². The molecule has 0 N–H and O–H groups in total. The lowest BCUT2D eigenvalue weighted by atomic mass is 10.2. The number of hydrogen-bond acceptors (Lipinski definition) is 4. The van der Waals surface area contributed by atoms with Gasteiger partial charge in [0.1, 0.15) is 0 Å². The topological polar surface area (TPSA) is 42.4 Å². The van der Waals surface area contributed by atoms with Crippen molar-refractivity contribution in [3.63, 3.8) is 0 Å². The molecule has 1 aromatic heterocycles. The van der Waals surface area contributed by atoms with Gasteiger partial charge >= 0.3 is 0 Å². The van der Waals surface area contributed by atoms with E-state index in [1.165, 1.54) is 16.4 Å². The van der Waals surface area contributed by atoms with E-state index >= 15 is 0 Å². The van der Waals surface area contributed by atoms with E-state index in [1.807, 2.05) is 12.1 Å². The summed E-state index contributed by atoms with van der Waals surface area (Å²) < 4.78 is 1.03. The molecule has 82 valence electrons. The molecule has 1 amide bonds. The summed E-state index contributed by atoms with van der Waals surface area (Å²) in [6.45, 7) is 1.31. The molecular formula is C11H10N2O2S. The number of hydroxylamine groups is 2. The van der Waals surface area contributed by atoms with Gasteiger partial charge in [-0.3, -0.25) is 9.63 Å². The zero-order valence-electron chi connectivity index (χ0n) is 8.55. The molecule has 16 heavy (non-hydrogen) atoms. The van der Waals surface area contributed by atoms with Crippen molar-refractivity contribution < 1.29 is 9.63 Å². The lowest BCUT2D eigenvalue weighted by Gasteiger charge is -2.13. The number of carbonyl (C=O) groups is 1. The summed E-state index contributed by atoms with van der Waals surface area (Å²) in [4.78, 5) is 21.4. The quantitative estimate of drug-likeness (QED) is 0.758. The van der Waals surface area contributed by atoms with E-state index in [9.17, 15) is 4.79 Å². The second-order valence-corrected chi connectivity index (χ2v) is 4.52. The Kier molecular flexibility index (Phi) is 2.34. The Morgan fingerprint density at radius 2 is 2.44 bits per heavy atom. The monoisotopic (exact) mass is 234 g/mol. The molecule has 5 heteroatoms. The second kappa shape index (κ2) is 3.84. The largest absolute Gasteiger partial charge is 0.277 e. The van der Waals surface area contributed by atoms with Gasteiger partial charge < -0.3 is 0 Å². The highest BCUT2D eigenvalue weighted by atomic mass is 32.1. The molecule has 1 aliphatic heterocycles. The number of aromatic nitrogens is 1. The molecule has 3 rings (SSSR count). The van der Waals surface area contributed by atoms with Crippen molar-refractivity contribution in [3.8, 4) is 0 Å². The van der Waals surface area contributed by atoms with Crippen LogP contribution >= 0.6 is 11.3 Å². The van der Waals surface area contributed by atoms with E-state index in [4.69, 9.17) is 4.84 Å². The van der Waals surface area contributed by atoms with Crippen LogP contribution in [0.3, 0.4) is 0 Å². The van der Waals surface area contributed by atoms with E-state index < -0.39 is 0 Å². The molecular weight excluding hydrogens is 224 g/mol. The average Bonchev–Trinajstić information content (AvgIpc) is 2.98.